The molecule has 2 N–H and O–H groups in total. The molecule has 0 fully saturated rings. The van der Waals surface area contributed by atoms with E-state index in [9.17, 15) is 4.79 Å². The summed E-state index contributed by atoms with van der Waals surface area (Å²) in [6, 6.07) is 14.8. The van der Waals surface area contributed by atoms with Gasteiger partial charge in [0.05, 0.1) is 11.4 Å². The van der Waals surface area contributed by atoms with Crippen molar-refractivity contribution in [2.75, 3.05) is 11.9 Å². The Kier molecular flexibility index (Phi) is 7.68. The van der Waals surface area contributed by atoms with Gasteiger partial charge < -0.3 is 4.74 Å². The number of hydrogen-bond acceptors (Lipinski definition) is 8. The standard InChI is InChI=1S/C21H21N7O3/c1-3-4-13-30-21(29)23-19-12-8-11-17(22-19)15-31-25-18(16-9-6-5-7-10-16)14-20-24-26-27-28(20)2/h1,5-12,14,25H,4,13,15H2,2H3,(H,22,23,29). The molecule has 31 heavy (non-hydrogen) atoms. The maximum absolute atomic E-state index is 11.7. The third kappa shape index (κ3) is 6.66. The zero-order valence-corrected chi connectivity index (χ0v) is 16.9. The lowest BCUT2D eigenvalue weighted by Gasteiger charge is -2.12. The number of ether oxygens (including phenoxy) is 1. The minimum Gasteiger partial charge on any atom is -0.448 e. The third-order valence-corrected chi connectivity index (χ3v) is 3.93. The van der Waals surface area contributed by atoms with Crippen molar-refractivity contribution in [2.45, 2.75) is 13.0 Å². The Labute approximate surface area is 179 Å². The molecule has 0 aliphatic carbocycles. The van der Waals surface area contributed by atoms with Crippen molar-refractivity contribution in [1.29, 1.82) is 0 Å². The number of benzene rings is 1. The van der Waals surface area contributed by atoms with Crippen LogP contribution in [0, 0.1) is 12.3 Å². The van der Waals surface area contributed by atoms with Gasteiger partial charge in [-0.25, -0.2) is 14.5 Å². The summed E-state index contributed by atoms with van der Waals surface area (Å²) in [6.45, 7) is 0.285. The Morgan fingerprint density at radius 3 is 2.81 bits per heavy atom. The van der Waals surface area contributed by atoms with Crippen LogP contribution in [0.5, 0.6) is 0 Å². The Balaban J connectivity index is 1.62. The van der Waals surface area contributed by atoms with Gasteiger partial charge in [0, 0.05) is 25.1 Å². The lowest BCUT2D eigenvalue weighted by atomic mass is 10.1. The van der Waals surface area contributed by atoms with Crippen LogP contribution in [0.1, 0.15) is 23.5 Å². The zero-order valence-electron chi connectivity index (χ0n) is 16.9. The van der Waals surface area contributed by atoms with Crippen LogP contribution in [0.2, 0.25) is 0 Å². The molecular formula is C21H21N7O3. The summed E-state index contributed by atoms with van der Waals surface area (Å²) in [5, 5.41) is 14.0. The molecule has 0 bridgehead atoms. The van der Waals surface area contributed by atoms with Crippen LogP contribution < -0.4 is 10.8 Å². The fourth-order valence-electron chi connectivity index (χ4n) is 2.44. The number of nitrogens with zero attached hydrogens (tertiary/aromatic N) is 5. The topological polar surface area (TPSA) is 116 Å². The molecule has 1 aromatic carbocycles. The second-order valence-electron chi connectivity index (χ2n) is 6.20. The monoisotopic (exact) mass is 419 g/mol. The minimum absolute atomic E-state index is 0.142. The quantitative estimate of drug-likeness (QED) is 0.309. The highest BCUT2D eigenvalue weighted by Gasteiger charge is 2.08. The lowest BCUT2D eigenvalue weighted by Crippen LogP contribution is -2.16. The molecule has 2 heterocycles. The molecule has 0 atom stereocenters. The number of hydrogen-bond donors (Lipinski definition) is 2. The van der Waals surface area contributed by atoms with E-state index < -0.39 is 6.09 Å². The summed E-state index contributed by atoms with van der Waals surface area (Å²) in [7, 11) is 1.75. The van der Waals surface area contributed by atoms with E-state index >= 15 is 0 Å². The largest absolute Gasteiger partial charge is 0.448 e. The third-order valence-electron chi connectivity index (χ3n) is 3.93. The van der Waals surface area contributed by atoms with Crippen LogP contribution in [-0.2, 0) is 23.2 Å². The first kappa shape index (κ1) is 21.5. The number of tetrazole rings is 1. The summed E-state index contributed by atoms with van der Waals surface area (Å²) < 4.78 is 6.49. The average molecular weight is 419 g/mol. The van der Waals surface area contributed by atoms with Crippen molar-refractivity contribution in [3.63, 3.8) is 0 Å². The summed E-state index contributed by atoms with van der Waals surface area (Å²) in [5.41, 5.74) is 5.09. The van der Waals surface area contributed by atoms with E-state index in [4.69, 9.17) is 16.0 Å². The van der Waals surface area contributed by atoms with Crippen LogP contribution in [0.3, 0.4) is 0 Å². The van der Waals surface area contributed by atoms with E-state index in [1.54, 1.807) is 36.0 Å². The van der Waals surface area contributed by atoms with Crippen LogP contribution >= 0.6 is 0 Å². The fourth-order valence-corrected chi connectivity index (χ4v) is 2.44. The average Bonchev–Trinajstić information content (AvgIpc) is 3.18. The number of pyridine rings is 1. The highest BCUT2D eigenvalue weighted by Crippen LogP contribution is 2.15. The molecule has 0 spiro atoms. The van der Waals surface area contributed by atoms with Crippen LogP contribution in [-0.4, -0.2) is 37.9 Å². The van der Waals surface area contributed by atoms with Gasteiger partial charge in [-0.3, -0.25) is 15.6 Å². The number of hydroxylamine groups is 1. The molecule has 10 nitrogen and oxygen atoms in total. The first-order chi connectivity index (χ1) is 15.2. The SMILES string of the molecule is C#CCCOC(=O)Nc1cccc(CONC(=Cc2nnnn2C)c2ccccc2)n1. The van der Waals surface area contributed by atoms with Crippen molar-refractivity contribution in [3.8, 4) is 12.3 Å². The zero-order chi connectivity index (χ0) is 21.9. The normalized spacial score (nSPS) is 10.9. The molecule has 3 aromatic rings. The molecule has 10 heteroatoms. The van der Waals surface area contributed by atoms with Gasteiger partial charge in [0.15, 0.2) is 5.82 Å². The van der Waals surface area contributed by atoms with Gasteiger partial charge in [0.25, 0.3) is 0 Å². The molecule has 0 radical (unpaired) electrons. The van der Waals surface area contributed by atoms with Crippen LogP contribution in [0.15, 0.2) is 48.5 Å². The van der Waals surface area contributed by atoms with Crippen LogP contribution in [0.4, 0.5) is 10.6 Å². The molecular weight excluding hydrogens is 398 g/mol. The van der Waals surface area contributed by atoms with Gasteiger partial charge in [0.1, 0.15) is 19.0 Å². The molecule has 0 aliphatic heterocycles. The number of amides is 1. The second-order valence-corrected chi connectivity index (χ2v) is 6.20. The summed E-state index contributed by atoms with van der Waals surface area (Å²) in [5.74, 6) is 3.30. The van der Waals surface area contributed by atoms with Crippen molar-refractivity contribution >= 4 is 23.7 Å². The summed E-state index contributed by atoms with van der Waals surface area (Å²) in [6.07, 6.45) is 6.63. The van der Waals surface area contributed by atoms with Gasteiger partial charge >= 0.3 is 6.09 Å². The Hall–Kier alpha value is -4.23. The van der Waals surface area contributed by atoms with Gasteiger partial charge in [-0.1, -0.05) is 36.4 Å². The number of anilines is 1. The minimum atomic E-state index is -0.620. The maximum atomic E-state index is 11.7. The number of carbonyl (C=O) groups excluding carboxylic acids is 1. The highest BCUT2D eigenvalue weighted by molar-refractivity contribution is 5.83. The molecule has 1 amide bonds. The highest BCUT2D eigenvalue weighted by atomic mass is 16.6. The van der Waals surface area contributed by atoms with E-state index in [1.807, 2.05) is 30.3 Å². The van der Waals surface area contributed by atoms with Crippen molar-refractivity contribution in [3.05, 3.63) is 65.6 Å². The van der Waals surface area contributed by atoms with E-state index in [0.29, 0.717) is 29.5 Å². The van der Waals surface area contributed by atoms with Gasteiger partial charge in [-0.2, -0.15) is 0 Å². The summed E-state index contributed by atoms with van der Waals surface area (Å²) in [4.78, 5) is 21.7. The predicted octanol–water partition coefficient (Wildman–Crippen LogP) is 2.40. The lowest BCUT2D eigenvalue weighted by molar-refractivity contribution is 0.0629. The van der Waals surface area contributed by atoms with Gasteiger partial charge in [-0.15, -0.1) is 17.4 Å². The predicted molar refractivity (Wildman–Crippen MR) is 114 cm³/mol. The van der Waals surface area contributed by atoms with E-state index in [0.717, 1.165) is 5.56 Å². The molecule has 3 rings (SSSR count). The number of aromatic nitrogens is 5. The van der Waals surface area contributed by atoms with Crippen molar-refractivity contribution in [1.82, 2.24) is 30.7 Å². The number of carbonyl (C=O) groups is 1. The molecule has 0 saturated carbocycles. The molecule has 0 saturated heterocycles. The molecule has 158 valence electrons. The number of terminal acetylenes is 1. The Bertz CT molecular complexity index is 1070. The van der Waals surface area contributed by atoms with Crippen LogP contribution in [0.25, 0.3) is 11.8 Å². The second kappa shape index (κ2) is 11.1. The maximum Gasteiger partial charge on any atom is 0.412 e. The Morgan fingerprint density at radius 2 is 2.06 bits per heavy atom. The van der Waals surface area contributed by atoms with Crippen molar-refractivity contribution in [2.24, 2.45) is 7.05 Å². The first-order valence-corrected chi connectivity index (χ1v) is 9.36. The smallest absolute Gasteiger partial charge is 0.412 e. The van der Waals surface area contributed by atoms with Gasteiger partial charge in [-0.05, 0) is 22.6 Å². The number of nitrogens with one attached hydrogen (secondary N) is 2. The van der Waals surface area contributed by atoms with E-state index in [2.05, 4.69) is 37.2 Å². The van der Waals surface area contributed by atoms with Gasteiger partial charge in [0.2, 0.25) is 0 Å². The molecule has 2 aromatic heterocycles. The van der Waals surface area contributed by atoms with Crippen molar-refractivity contribution < 1.29 is 14.4 Å². The van der Waals surface area contributed by atoms with E-state index in [-0.39, 0.29) is 13.2 Å². The number of rotatable bonds is 9. The first-order valence-electron chi connectivity index (χ1n) is 9.36. The fraction of sp³-hybridized carbons (Fsp3) is 0.190. The number of aryl methyl sites for hydroxylation is 1. The molecule has 0 aliphatic rings. The summed E-state index contributed by atoms with van der Waals surface area (Å²) >= 11 is 0. The molecule has 0 unspecified atom stereocenters. The Morgan fingerprint density at radius 1 is 1.23 bits per heavy atom. The van der Waals surface area contributed by atoms with E-state index in [1.165, 1.54) is 0 Å².